The van der Waals surface area contributed by atoms with Crippen molar-refractivity contribution in [1.82, 2.24) is 4.90 Å². The Balaban J connectivity index is 4.68. The molecule has 0 saturated carbocycles. The van der Waals surface area contributed by atoms with Crippen molar-refractivity contribution in [2.45, 2.75) is 6.92 Å². The molecule has 0 amide bonds. The first kappa shape index (κ1) is 12.8. The average Bonchev–Trinajstić information content (AvgIpc) is 2.23. The SMILES string of the molecule is C=C/C(=C\C=C/C)N(C=N)/C=C\SC. The number of nitrogens with zero attached hydrogens (tertiary/aromatic N) is 1. The van der Waals surface area contributed by atoms with Crippen LogP contribution in [0.4, 0.5) is 0 Å². The van der Waals surface area contributed by atoms with Crippen LogP contribution in [0.25, 0.3) is 0 Å². The lowest BCUT2D eigenvalue weighted by Crippen LogP contribution is -2.11. The Morgan fingerprint density at radius 1 is 1.50 bits per heavy atom. The van der Waals surface area contributed by atoms with Gasteiger partial charge in [-0.2, -0.15) is 0 Å². The van der Waals surface area contributed by atoms with E-state index in [4.69, 9.17) is 5.41 Å². The molecule has 0 aliphatic carbocycles. The molecule has 0 aliphatic rings. The van der Waals surface area contributed by atoms with Crippen molar-refractivity contribution in [2.24, 2.45) is 0 Å². The topological polar surface area (TPSA) is 27.1 Å². The molecule has 0 fully saturated rings. The molecule has 0 aromatic rings. The second-order valence-electron chi connectivity index (χ2n) is 2.38. The van der Waals surface area contributed by atoms with Gasteiger partial charge in [-0.3, -0.25) is 5.41 Å². The number of hydrogen-bond donors (Lipinski definition) is 1. The molecular weight excluding hydrogens is 192 g/mol. The van der Waals surface area contributed by atoms with Gasteiger partial charge in [-0.1, -0.05) is 18.7 Å². The second kappa shape index (κ2) is 8.38. The van der Waals surface area contributed by atoms with Crippen LogP contribution in [0.2, 0.25) is 0 Å². The first-order valence-electron chi connectivity index (χ1n) is 4.24. The van der Waals surface area contributed by atoms with Crippen LogP contribution in [-0.2, 0) is 0 Å². The van der Waals surface area contributed by atoms with E-state index in [1.807, 2.05) is 43.0 Å². The Morgan fingerprint density at radius 2 is 2.21 bits per heavy atom. The quantitative estimate of drug-likeness (QED) is 0.411. The molecule has 0 spiro atoms. The fourth-order valence-corrected chi connectivity index (χ4v) is 1.04. The molecule has 3 heteroatoms. The van der Waals surface area contributed by atoms with Crippen molar-refractivity contribution in [3.05, 3.63) is 48.2 Å². The summed E-state index contributed by atoms with van der Waals surface area (Å²) in [5.74, 6) is 0. The summed E-state index contributed by atoms with van der Waals surface area (Å²) in [5.41, 5.74) is 0.878. The standard InChI is InChI=1S/C11H16N2S/c1-4-6-7-11(5-2)13(10-12)8-9-14-3/h4-10,12H,2H2,1,3H3/b6-4-,9-8-,11-7+,12-10?. The molecule has 0 aromatic carbocycles. The van der Waals surface area contributed by atoms with E-state index >= 15 is 0 Å². The molecule has 0 saturated heterocycles. The molecule has 0 unspecified atom stereocenters. The Kier molecular flexibility index (Phi) is 7.65. The Labute approximate surface area is 90.2 Å². The van der Waals surface area contributed by atoms with Gasteiger partial charge in [-0.15, -0.1) is 11.8 Å². The van der Waals surface area contributed by atoms with Gasteiger partial charge in [0.05, 0.1) is 6.34 Å². The Bertz CT molecular complexity index is 264. The van der Waals surface area contributed by atoms with E-state index in [0.717, 1.165) is 5.70 Å². The van der Waals surface area contributed by atoms with Gasteiger partial charge in [0.15, 0.2) is 0 Å². The third kappa shape index (κ3) is 4.72. The first-order chi connectivity index (χ1) is 6.79. The monoisotopic (exact) mass is 208 g/mol. The lowest BCUT2D eigenvalue weighted by Gasteiger charge is -2.13. The molecule has 0 bridgehead atoms. The van der Waals surface area contributed by atoms with Crippen molar-refractivity contribution in [2.75, 3.05) is 6.26 Å². The van der Waals surface area contributed by atoms with E-state index in [9.17, 15) is 0 Å². The van der Waals surface area contributed by atoms with Crippen LogP contribution < -0.4 is 0 Å². The minimum atomic E-state index is 0.878. The summed E-state index contributed by atoms with van der Waals surface area (Å²) >= 11 is 1.59. The van der Waals surface area contributed by atoms with E-state index < -0.39 is 0 Å². The highest BCUT2D eigenvalue weighted by Gasteiger charge is 1.96. The molecule has 0 atom stereocenters. The van der Waals surface area contributed by atoms with E-state index in [0.29, 0.717) is 0 Å². The zero-order valence-electron chi connectivity index (χ0n) is 8.60. The summed E-state index contributed by atoms with van der Waals surface area (Å²) < 4.78 is 0. The van der Waals surface area contributed by atoms with E-state index in [2.05, 4.69) is 6.58 Å². The third-order valence-electron chi connectivity index (χ3n) is 1.46. The van der Waals surface area contributed by atoms with Crippen LogP contribution in [0.1, 0.15) is 6.92 Å². The third-order valence-corrected chi connectivity index (χ3v) is 1.86. The van der Waals surface area contributed by atoms with Crippen molar-refractivity contribution in [3.63, 3.8) is 0 Å². The second-order valence-corrected chi connectivity index (χ2v) is 3.12. The van der Waals surface area contributed by atoms with Crippen LogP contribution in [0.3, 0.4) is 0 Å². The minimum absolute atomic E-state index is 0.878. The zero-order valence-corrected chi connectivity index (χ0v) is 9.42. The maximum Gasteiger partial charge on any atom is 0.0903 e. The summed E-state index contributed by atoms with van der Waals surface area (Å²) in [6.45, 7) is 5.65. The normalized spacial score (nSPS) is 12.3. The molecule has 0 radical (unpaired) electrons. The fraction of sp³-hybridized carbons (Fsp3) is 0.182. The molecule has 14 heavy (non-hydrogen) atoms. The van der Waals surface area contributed by atoms with Gasteiger partial charge in [0.25, 0.3) is 0 Å². The first-order valence-corrected chi connectivity index (χ1v) is 5.52. The van der Waals surface area contributed by atoms with Gasteiger partial charge in [-0.25, -0.2) is 0 Å². The lowest BCUT2D eigenvalue weighted by atomic mass is 10.3. The van der Waals surface area contributed by atoms with Crippen LogP contribution in [0.5, 0.6) is 0 Å². The van der Waals surface area contributed by atoms with Gasteiger partial charge < -0.3 is 4.90 Å². The number of hydrogen-bond acceptors (Lipinski definition) is 2. The van der Waals surface area contributed by atoms with Gasteiger partial charge in [0.1, 0.15) is 0 Å². The Hall–Kier alpha value is -1.22. The summed E-state index contributed by atoms with van der Waals surface area (Å²) in [4.78, 5) is 1.70. The highest BCUT2D eigenvalue weighted by Crippen LogP contribution is 2.06. The van der Waals surface area contributed by atoms with Crippen molar-refractivity contribution < 1.29 is 0 Å². The maximum atomic E-state index is 7.24. The van der Waals surface area contributed by atoms with E-state index in [-0.39, 0.29) is 0 Å². The van der Waals surface area contributed by atoms with Crippen molar-refractivity contribution in [3.8, 4) is 0 Å². The van der Waals surface area contributed by atoms with Crippen LogP contribution >= 0.6 is 11.8 Å². The number of nitrogens with one attached hydrogen (secondary N) is 1. The molecule has 0 rings (SSSR count). The van der Waals surface area contributed by atoms with Crippen molar-refractivity contribution >= 4 is 18.1 Å². The molecule has 0 aromatic heterocycles. The zero-order chi connectivity index (χ0) is 10.8. The molecule has 0 aliphatic heterocycles. The summed E-state index contributed by atoms with van der Waals surface area (Å²) in [7, 11) is 0. The molecule has 1 N–H and O–H groups in total. The van der Waals surface area contributed by atoms with Crippen LogP contribution in [0.15, 0.2) is 48.2 Å². The average molecular weight is 208 g/mol. The smallest absolute Gasteiger partial charge is 0.0903 e. The summed E-state index contributed by atoms with van der Waals surface area (Å²) in [5, 5.41) is 9.15. The number of thioether (sulfide) groups is 1. The molecule has 2 nitrogen and oxygen atoms in total. The van der Waals surface area contributed by atoms with Gasteiger partial charge in [0.2, 0.25) is 0 Å². The predicted molar refractivity (Wildman–Crippen MR) is 66.4 cm³/mol. The van der Waals surface area contributed by atoms with Crippen molar-refractivity contribution in [1.29, 1.82) is 5.41 Å². The lowest BCUT2D eigenvalue weighted by molar-refractivity contribution is 0.733. The number of rotatable bonds is 6. The maximum absolute atomic E-state index is 7.24. The Morgan fingerprint density at radius 3 is 2.64 bits per heavy atom. The molecule has 0 heterocycles. The number of allylic oxidation sites excluding steroid dienone is 4. The summed E-state index contributed by atoms with van der Waals surface area (Å²) in [6, 6.07) is 0. The van der Waals surface area contributed by atoms with E-state index in [1.165, 1.54) is 6.34 Å². The van der Waals surface area contributed by atoms with Crippen LogP contribution in [0, 0.1) is 5.41 Å². The fourth-order valence-electron chi connectivity index (χ4n) is 0.784. The minimum Gasteiger partial charge on any atom is -0.308 e. The van der Waals surface area contributed by atoms with Gasteiger partial charge in [-0.05, 0) is 30.7 Å². The van der Waals surface area contributed by atoms with Gasteiger partial charge >= 0.3 is 0 Å². The van der Waals surface area contributed by atoms with Crippen LogP contribution in [-0.4, -0.2) is 17.5 Å². The predicted octanol–water partition coefficient (Wildman–Crippen LogP) is 3.38. The molecule has 76 valence electrons. The largest absolute Gasteiger partial charge is 0.308 e. The highest BCUT2D eigenvalue weighted by atomic mass is 32.2. The van der Waals surface area contributed by atoms with Gasteiger partial charge in [0, 0.05) is 11.9 Å². The van der Waals surface area contributed by atoms with E-state index in [1.54, 1.807) is 22.7 Å². The highest BCUT2D eigenvalue weighted by molar-refractivity contribution is 8.01. The molecular formula is C11H16N2S. The summed E-state index contributed by atoms with van der Waals surface area (Å²) in [6.07, 6.45) is 12.5.